The second kappa shape index (κ2) is 8.39. The van der Waals surface area contributed by atoms with Crippen LogP contribution in [0.1, 0.15) is 18.1 Å². The predicted octanol–water partition coefficient (Wildman–Crippen LogP) is 4.52. The number of benzene rings is 2. The van der Waals surface area contributed by atoms with Crippen molar-refractivity contribution in [3.05, 3.63) is 52.4 Å². The van der Waals surface area contributed by atoms with Gasteiger partial charge in [-0.25, -0.2) is 4.90 Å². The van der Waals surface area contributed by atoms with Crippen LogP contribution in [-0.2, 0) is 11.2 Å². The summed E-state index contributed by atoms with van der Waals surface area (Å²) in [7, 11) is 4.56. The molecule has 0 N–H and O–H groups in total. The molecule has 0 bridgehead atoms. The second-order valence-electron chi connectivity index (χ2n) is 5.92. The predicted molar refractivity (Wildman–Crippen MR) is 110 cm³/mol. The Morgan fingerprint density at radius 1 is 0.964 bits per heavy atom. The van der Waals surface area contributed by atoms with E-state index in [-0.39, 0.29) is 11.1 Å². The van der Waals surface area contributed by atoms with E-state index in [1.807, 2.05) is 25.1 Å². The van der Waals surface area contributed by atoms with Crippen LogP contribution >= 0.6 is 11.8 Å². The van der Waals surface area contributed by atoms with E-state index < -0.39 is 0 Å². The van der Waals surface area contributed by atoms with Crippen LogP contribution in [0.15, 0.2) is 41.3 Å². The topological polar surface area (TPSA) is 65.1 Å². The zero-order chi connectivity index (χ0) is 20.3. The number of ether oxygens (including phenoxy) is 3. The van der Waals surface area contributed by atoms with Crippen LogP contribution < -0.4 is 19.1 Å². The molecule has 0 spiro atoms. The Morgan fingerprint density at radius 2 is 1.68 bits per heavy atom. The summed E-state index contributed by atoms with van der Waals surface area (Å²) in [6, 6.07) is 10.9. The highest BCUT2D eigenvalue weighted by atomic mass is 32.2. The van der Waals surface area contributed by atoms with Gasteiger partial charge in [-0.2, -0.15) is 0 Å². The molecule has 0 aliphatic carbocycles. The zero-order valence-electron chi connectivity index (χ0n) is 16.1. The number of hydrogen-bond donors (Lipinski definition) is 0. The van der Waals surface area contributed by atoms with E-state index in [0.717, 1.165) is 23.7 Å². The molecule has 0 saturated carbocycles. The summed E-state index contributed by atoms with van der Waals surface area (Å²) in [6.45, 7) is 1.99. The lowest BCUT2D eigenvalue weighted by atomic mass is 10.1. The molecule has 0 atom stereocenters. The van der Waals surface area contributed by atoms with E-state index in [1.165, 1.54) is 26.2 Å². The summed E-state index contributed by atoms with van der Waals surface area (Å²) in [5, 5.41) is -0.323. The first-order valence-electron chi connectivity index (χ1n) is 8.70. The first-order valence-corrected chi connectivity index (χ1v) is 9.52. The van der Waals surface area contributed by atoms with Crippen molar-refractivity contribution in [3.63, 3.8) is 0 Å². The van der Waals surface area contributed by atoms with Crippen LogP contribution in [0.4, 0.5) is 10.5 Å². The standard InChI is InChI=1S/C21H21NO5S/c1-5-13-8-6-7-9-15(13)22-20(23)17(28-21(22)24)12-14-10-11-16(25-2)19(27-4)18(14)26-3/h6-12H,5H2,1-4H3/b17-12-. The van der Waals surface area contributed by atoms with Crippen LogP contribution in [0.25, 0.3) is 6.08 Å². The monoisotopic (exact) mass is 399 g/mol. The molecular formula is C21H21NO5S. The van der Waals surface area contributed by atoms with Gasteiger partial charge in [-0.1, -0.05) is 25.1 Å². The van der Waals surface area contributed by atoms with E-state index >= 15 is 0 Å². The minimum Gasteiger partial charge on any atom is -0.493 e. The van der Waals surface area contributed by atoms with Crippen molar-refractivity contribution in [1.29, 1.82) is 0 Å². The lowest BCUT2D eigenvalue weighted by Crippen LogP contribution is -2.28. The van der Waals surface area contributed by atoms with Crippen LogP contribution in [0, 0.1) is 0 Å². The fourth-order valence-electron chi connectivity index (χ4n) is 3.08. The number of nitrogens with zero attached hydrogens (tertiary/aromatic N) is 1. The summed E-state index contributed by atoms with van der Waals surface area (Å²) in [5.41, 5.74) is 2.18. The van der Waals surface area contributed by atoms with Crippen molar-refractivity contribution in [2.24, 2.45) is 0 Å². The number of aryl methyl sites for hydroxylation is 1. The Hall–Kier alpha value is -2.93. The largest absolute Gasteiger partial charge is 0.493 e. The van der Waals surface area contributed by atoms with Crippen molar-refractivity contribution < 1.29 is 23.8 Å². The van der Waals surface area contributed by atoms with Crippen molar-refractivity contribution >= 4 is 34.7 Å². The average molecular weight is 399 g/mol. The van der Waals surface area contributed by atoms with Crippen molar-refractivity contribution in [3.8, 4) is 17.2 Å². The van der Waals surface area contributed by atoms with Gasteiger partial charge in [-0.15, -0.1) is 0 Å². The quantitative estimate of drug-likeness (QED) is 0.666. The molecule has 7 heteroatoms. The number of amides is 2. The third kappa shape index (κ3) is 3.45. The SMILES string of the molecule is CCc1ccccc1N1C(=O)S/C(=C\c2ccc(OC)c(OC)c2OC)C1=O. The maximum absolute atomic E-state index is 13.0. The minimum absolute atomic E-state index is 0.321. The number of rotatable bonds is 6. The fraction of sp³-hybridized carbons (Fsp3) is 0.238. The van der Waals surface area contributed by atoms with Crippen LogP contribution in [0.5, 0.6) is 17.2 Å². The molecule has 1 aliphatic heterocycles. The maximum atomic E-state index is 13.0. The Balaban J connectivity index is 2.03. The highest BCUT2D eigenvalue weighted by Gasteiger charge is 2.37. The number of para-hydroxylation sites is 1. The third-order valence-corrected chi connectivity index (χ3v) is 5.30. The van der Waals surface area contributed by atoms with E-state index in [0.29, 0.717) is 33.4 Å². The molecule has 1 fully saturated rings. The highest BCUT2D eigenvalue weighted by Crippen LogP contribution is 2.43. The normalized spacial score (nSPS) is 15.3. The molecule has 3 rings (SSSR count). The first kappa shape index (κ1) is 19.8. The van der Waals surface area contributed by atoms with Gasteiger partial charge in [0.25, 0.3) is 11.1 Å². The van der Waals surface area contributed by atoms with Crippen molar-refractivity contribution in [1.82, 2.24) is 0 Å². The zero-order valence-corrected chi connectivity index (χ0v) is 17.0. The van der Waals surface area contributed by atoms with Gasteiger partial charge in [0.15, 0.2) is 11.5 Å². The van der Waals surface area contributed by atoms with Gasteiger partial charge in [0, 0.05) is 5.56 Å². The molecule has 1 saturated heterocycles. The van der Waals surface area contributed by atoms with E-state index in [4.69, 9.17) is 14.2 Å². The lowest BCUT2D eigenvalue weighted by Gasteiger charge is -2.16. The van der Waals surface area contributed by atoms with Crippen LogP contribution in [-0.4, -0.2) is 32.5 Å². The molecule has 0 unspecified atom stereocenters. The molecule has 146 valence electrons. The summed E-state index contributed by atoms with van der Waals surface area (Å²) in [5.74, 6) is 1.02. The second-order valence-corrected chi connectivity index (χ2v) is 6.92. The van der Waals surface area contributed by atoms with Crippen molar-refractivity contribution in [2.45, 2.75) is 13.3 Å². The van der Waals surface area contributed by atoms with E-state index in [9.17, 15) is 9.59 Å². The fourth-order valence-corrected chi connectivity index (χ4v) is 3.91. The number of imide groups is 1. The molecule has 2 aromatic carbocycles. The summed E-state index contributed by atoms with van der Waals surface area (Å²) >= 11 is 0.904. The number of carbonyl (C=O) groups is 2. The smallest absolute Gasteiger partial charge is 0.298 e. The molecule has 1 heterocycles. The van der Waals surface area contributed by atoms with E-state index in [1.54, 1.807) is 24.3 Å². The minimum atomic E-state index is -0.354. The number of thioether (sulfide) groups is 1. The van der Waals surface area contributed by atoms with Gasteiger partial charge < -0.3 is 14.2 Å². The molecule has 1 aliphatic rings. The average Bonchev–Trinajstić information content (AvgIpc) is 3.00. The molecule has 28 heavy (non-hydrogen) atoms. The van der Waals surface area contributed by atoms with Gasteiger partial charge in [0.2, 0.25) is 5.75 Å². The summed E-state index contributed by atoms with van der Waals surface area (Å²) < 4.78 is 16.1. The number of carbonyl (C=O) groups excluding carboxylic acids is 2. The lowest BCUT2D eigenvalue weighted by molar-refractivity contribution is -0.113. The van der Waals surface area contributed by atoms with E-state index in [2.05, 4.69) is 0 Å². The first-order chi connectivity index (χ1) is 13.5. The molecular weight excluding hydrogens is 378 g/mol. The molecule has 2 amide bonds. The van der Waals surface area contributed by atoms with Gasteiger partial charge in [0.1, 0.15) is 0 Å². The third-order valence-electron chi connectivity index (χ3n) is 4.43. The number of hydrogen-bond acceptors (Lipinski definition) is 6. The number of anilines is 1. The highest BCUT2D eigenvalue weighted by molar-refractivity contribution is 8.19. The molecule has 2 aromatic rings. The Kier molecular flexibility index (Phi) is 5.94. The Bertz CT molecular complexity index is 954. The van der Waals surface area contributed by atoms with Gasteiger partial charge in [-0.3, -0.25) is 9.59 Å². The summed E-state index contributed by atoms with van der Waals surface area (Å²) in [6.07, 6.45) is 2.36. The van der Waals surface area contributed by atoms with Gasteiger partial charge >= 0.3 is 0 Å². The number of methoxy groups -OCH3 is 3. The molecule has 0 aromatic heterocycles. The molecule has 6 nitrogen and oxygen atoms in total. The van der Waals surface area contributed by atoms with Crippen LogP contribution in [0.3, 0.4) is 0 Å². The Labute approximate surface area is 168 Å². The van der Waals surface area contributed by atoms with Crippen LogP contribution in [0.2, 0.25) is 0 Å². The Morgan fingerprint density at radius 3 is 2.32 bits per heavy atom. The van der Waals surface area contributed by atoms with Gasteiger partial charge in [0.05, 0.1) is 31.9 Å². The van der Waals surface area contributed by atoms with Crippen molar-refractivity contribution in [2.75, 3.05) is 26.2 Å². The molecule has 0 radical (unpaired) electrons. The maximum Gasteiger partial charge on any atom is 0.298 e. The summed E-state index contributed by atoms with van der Waals surface area (Å²) in [4.78, 5) is 27.1. The van der Waals surface area contributed by atoms with Gasteiger partial charge in [-0.05, 0) is 48.0 Å².